The van der Waals surface area contributed by atoms with Crippen LogP contribution < -0.4 is 5.32 Å². The summed E-state index contributed by atoms with van der Waals surface area (Å²) >= 11 is 3.25. The Hall–Kier alpha value is -2.02. The number of nitrogens with zero attached hydrogens (tertiary/aromatic N) is 2. The van der Waals surface area contributed by atoms with E-state index in [1.165, 1.54) is 37.1 Å². The Morgan fingerprint density at radius 3 is 2.70 bits per heavy atom. The number of thiazole rings is 1. The molecule has 0 bridgehead atoms. The summed E-state index contributed by atoms with van der Waals surface area (Å²) < 4.78 is 0. The predicted octanol–water partition coefficient (Wildman–Crippen LogP) is 4.33. The summed E-state index contributed by atoms with van der Waals surface area (Å²) in [4.78, 5) is 19.5. The molecule has 1 saturated heterocycles. The van der Waals surface area contributed by atoms with Gasteiger partial charge in [0.05, 0.1) is 12.1 Å². The van der Waals surface area contributed by atoms with Gasteiger partial charge in [-0.3, -0.25) is 9.69 Å². The number of carbonyl (C=O) groups excluding carboxylic acids is 1. The van der Waals surface area contributed by atoms with Crippen molar-refractivity contribution < 1.29 is 4.79 Å². The van der Waals surface area contributed by atoms with Crippen molar-refractivity contribution in [3.63, 3.8) is 0 Å². The van der Waals surface area contributed by atoms with Crippen LogP contribution in [0.4, 0.5) is 0 Å². The summed E-state index contributed by atoms with van der Waals surface area (Å²) in [6, 6.07) is 10.5. The molecule has 3 heterocycles. The number of hydrogen-bond donors (Lipinski definition) is 1. The van der Waals surface area contributed by atoms with E-state index < -0.39 is 0 Å². The van der Waals surface area contributed by atoms with Crippen LogP contribution in [0, 0.1) is 0 Å². The molecule has 4 nitrogen and oxygen atoms in total. The Labute approximate surface area is 167 Å². The van der Waals surface area contributed by atoms with Crippen LogP contribution in [0.3, 0.4) is 0 Å². The van der Waals surface area contributed by atoms with E-state index >= 15 is 0 Å². The number of thiophene rings is 1. The first-order valence-corrected chi connectivity index (χ1v) is 11.1. The summed E-state index contributed by atoms with van der Waals surface area (Å²) in [5.74, 6) is 0.0214. The monoisotopic (exact) mass is 397 g/mol. The molecule has 1 fully saturated rings. The van der Waals surface area contributed by atoms with Gasteiger partial charge in [0.25, 0.3) is 0 Å². The summed E-state index contributed by atoms with van der Waals surface area (Å²) in [7, 11) is 0. The van der Waals surface area contributed by atoms with Crippen LogP contribution in [0.25, 0.3) is 10.6 Å². The molecule has 2 aromatic heterocycles. The van der Waals surface area contributed by atoms with Crippen molar-refractivity contribution >= 4 is 28.6 Å². The molecule has 4 rings (SSSR count). The van der Waals surface area contributed by atoms with Gasteiger partial charge in [-0.1, -0.05) is 24.3 Å². The minimum absolute atomic E-state index is 0.0214. The molecule has 0 aliphatic carbocycles. The van der Waals surface area contributed by atoms with Crippen LogP contribution in [0.1, 0.15) is 29.7 Å². The van der Waals surface area contributed by atoms with E-state index in [2.05, 4.69) is 44.8 Å². The topological polar surface area (TPSA) is 45.2 Å². The molecular formula is C21H23N3OS2. The number of nitrogens with one attached hydrogen (secondary N) is 1. The molecule has 0 spiro atoms. The number of rotatable bonds is 7. The van der Waals surface area contributed by atoms with Gasteiger partial charge in [-0.25, -0.2) is 4.98 Å². The number of amides is 1. The van der Waals surface area contributed by atoms with E-state index in [0.29, 0.717) is 13.0 Å². The lowest BCUT2D eigenvalue weighted by atomic mass is 10.1. The quantitative estimate of drug-likeness (QED) is 0.646. The van der Waals surface area contributed by atoms with Gasteiger partial charge in [-0.05, 0) is 48.5 Å². The fraction of sp³-hybridized carbons (Fsp3) is 0.333. The van der Waals surface area contributed by atoms with Gasteiger partial charge < -0.3 is 5.32 Å². The highest BCUT2D eigenvalue weighted by molar-refractivity contribution is 7.14. The normalized spacial score (nSPS) is 14.5. The fourth-order valence-corrected chi connectivity index (χ4v) is 4.93. The van der Waals surface area contributed by atoms with Crippen molar-refractivity contribution in [2.75, 3.05) is 13.1 Å². The van der Waals surface area contributed by atoms with Crippen LogP contribution in [0.2, 0.25) is 0 Å². The van der Waals surface area contributed by atoms with E-state index in [4.69, 9.17) is 0 Å². The lowest BCUT2D eigenvalue weighted by Gasteiger charge is -2.17. The van der Waals surface area contributed by atoms with E-state index in [1.54, 1.807) is 22.7 Å². The van der Waals surface area contributed by atoms with E-state index in [9.17, 15) is 4.79 Å². The first-order chi connectivity index (χ1) is 13.3. The second-order valence-electron chi connectivity index (χ2n) is 6.86. The molecule has 1 aliphatic heterocycles. The zero-order valence-corrected chi connectivity index (χ0v) is 16.8. The zero-order valence-electron chi connectivity index (χ0n) is 15.2. The first kappa shape index (κ1) is 18.3. The maximum absolute atomic E-state index is 12.4. The Morgan fingerprint density at radius 1 is 1.11 bits per heavy atom. The Kier molecular flexibility index (Phi) is 5.97. The van der Waals surface area contributed by atoms with Gasteiger partial charge in [0.15, 0.2) is 0 Å². The van der Waals surface area contributed by atoms with Crippen molar-refractivity contribution in [3.05, 3.63) is 63.3 Å². The number of benzene rings is 1. The zero-order chi connectivity index (χ0) is 18.5. The van der Waals surface area contributed by atoms with Gasteiger partial charge in [-0.2, -0.15) is 11.3 Å². The van der Waals surface area contributed by atoms with Crippen LogP contribution in [0.5, 0.6) is 0 Å². The molecule has 0 saturated carbocycles. The van der Waals surface area contributed by atoms with Crippen molar-refractivity contribution in [3.8, 4) is 10.6 Å². The molecule has 1 aliphatic rings. The molecule has 0 atom stereocenters. The average molecular weight is 398 g/mol. The first-order valence-electron chi connectivity index (χ1n) is 9.31. The molecule has 6 heteroatoms. The van der Waals surface area contributed by atoms with E-state index in [-0.39, 0.29) is 5.91 Å². The third kappa shape index (κ3) is 4.83. The van der Waals surface area contributed by atoms with E-state index in [0.717, 1.165) is 22.8 Å². The third-order valence-electron chi connectivity index (χ3n) is 4.85. The number of aromatic nitrogens is 1. The van der Waals surface area contributed by atoms with Crippen LogP contribution in [0.15, 0.2) is 46.5 Å². The average Bonchev–Trinajstić information content (AvgIpc) is 3.43. The summed E-state index contributed by atoms with van der Waals surface area (Å²) in [5.41, 5.74) is 4.49. The van der Waals surface area contributed by atoms with Gasteiger partial charge in [0.1, 0.15) is 5.01 Å². The largest absolute Gasteiger partial charge is 0.352 e. The highest BCUT2D eigenvalue weighted by Crippen LogP contribution is 2.25. The molecule has 140 valence electrons. The Balaban J connectivity index is 1.33. The lowest BCUT2D eigenvalue weighted by Crippen LogP contribution is -2.26. The van der Waals surface area contributed by atoms with Crippen molar-refractivity contribution in [1.29, 1.82) is 0 Å². The smallest absolute Gasteiger partial charge is 0.226 e. The van der Waals surface area contributed by atoms with Crippen LogP contribution >= 0.6 is 22.7 Å². The standard InChI is InChI=1S/C21H23N3OS2/c25-20(11-19-15-27-21(23-19)18-7-10-26-14-18)22-12-16-5-1-2-6-17(16)13-24-8-3-4-9-24/h1-2,5-7,10,14-15H,3-4,8-9,11-13H2,(H,22,25). The molecule has 0 unspecified atom stereocenters. The van der Waals surface area contributed by atoms with E-state index in [1.807, 2.05) is 16.8 Å². The maximum Gasteiger partial charge on any atom is 0.226 e. The highest BCUT2D eigenvalue weighted by atomic mass is 32.1. The Morgan fingerprint density at radius 2 is 1.93 bits per heavy atom. The molecular weight excluding hydrogens is 374 g/mol. The van der Waals surface area contributed by atoms with Gasteiger partial charge in [-0.15, -0.1) is 11.3 Å². The minimum Gasteiger partial charge on any atom is -0.352 e. The summed E-state index contributed by atoms with van der Waals surface area (Å²) in [5, 5.41) is 10.2. The molecule has 1 N–H and O–H groups in total. The molecule has 1 aromatic carbocycles. The van der Waals surface area contributed by atoms with Crippen LogP contribution in [-0.4, -0.2) is 28.9 Å². The molecule has 27 heavy (non-hydrogen) atoms. The number of likely N-dealkylation sites (tertiary alicyclic amines) is 1. The molecule has 1 amide bonds. The fourth-order valence-electron chi connectivity index (χ4n) is 3.39. The summed E-state index contributed by atoms with van der Waals surface area (Å²) in [6.45, 7) is 3.90. The number of carbonyl (C=O) groups is 1. The van der Waals surface area contributed by atoms with Gasteiger partial charge in [0.2, 0.25) is 5.91 Å². The maximum atomic E-state index is 12.4. The molecule has 3 aromatic rings. The van der Waals surface area contributed by atoms with Gasteiger partial charge >= 0.3 is 0 Å². The minimum atomic E-state index is 0.0214. The van der Waals surface area contributed by atoms with Crippen molar-refractivity contribution in [1.82, 2.24) is 15.2 Å². The lowest BCUT2D eigenvalue weighted by molar-refractivity contribution is -0.120. The van der Waals surface area contributed by atoms with Gasteiger partial charge in [0, 0.05) is 29.4 Å². The van der Waals surface area contributed by atoms with Crippen molar-refractivity contribution in [2.45, 2.75) is 32.4 Å². The second-order valence-corrected chi connectivity index (χ2v) is 8.50. The SMILES string of the molecule is O=C(Cc1csc(-c2ccsc2)n1)NCc1ccccc1CN1CCCC1. The highest BCUT2D eigenvalue weighted by Gasteiger charge is 2.14. The van der Waals surface area contributed by atoms with Crippen LogP contribution in [-0.2, 0) is 24.3 Å². The van der Waals surface area contributed by atoms with Crippen molar-refractivity contribution in [2.24, 2.45) is 0 Å². The predicted molar refractivity (Wildman–Crippen MR) is 112 cm³/mol. The molecule has 0 radical (unpaired) electrons. The second kappa shape index (κ2) is 8.78. The Bertz CT molecular complexity index is 882. The number of hydrogen-bond acceptors (Lipinski definition) is 5. The third-order valence-corrected chi connectivity index (χ3v) is 6.47. The summed E-state index contributed by atoms with van der Waals surface area (Å²) in [6.07, 6.45) is 2.91.